The number of amides is 1. The highest BCUT2D eigenvalue weighted by Gasteiger charge is 2.07. The zero-order valence-corrected chi connectivity index (χ0v) is 12.0. The first-order chi connectivity index (χ1) is 8.93. The van der Waals surface area contributed by atoms with Crippen LogP contribution in [0.15, 0.2) is 29.2 Å². The molecule has 0 fully saturated rings. The lowest BCUT2D eigenvalue weighted by molar-refractivity contribution is -0.120. The highest BCUT2D eigenvalue weighted by atomic mass is 32.2. The molecule has 1 aromatic carbocycles. The number of ether oxygens (including phenoxy) is 1. The maximum Gasteiger partial charge on any atom is 0.224 e. The number of nitrogens with one attached hydrogen (secondary N) is 1. The number of benzene rings is 1. The van der Waals surface area contributed by atoms with Crippen molar-refractivity contribution >= 4 is 15.7 Å². The average molecular weight is 285 g/mol. The molecule has 0 atom stereocenters. The molecule has 5 nitrogen and oxygen atoms in total. The smallest absolute Gasteiger partial charge is 0.224 e. The van der Waals surface area contributed by atoms with Gasteiger partial charge in [0.15, 0.2) is 9.84 Å². The van der Waals surface area contributed by atoms with Crippen LogP contribution in [0.1, 0.15) is 12.0 Å². The van der Waals surface area contributed by atoms with Crippen molar-refractivity contribution in [2.45, 2.75) is 17.7 Å². The molecule has 0 aliphatic heterocycles. The normalized spacial score (nSPS) is 11.3. The van der Waals surface area contributed by atoms with Crippen molar-refractivity contribution < 1.29 is 17.9 Å². The van der Waals surface area contributed by atoms with Gasteiger partial charge in [-0.25, -0.2) is 8.42 Å². The molecule has 0 saturated heterocycles. The van der Waals surface area contributed by atoms with E-state index >= 15 is 0 Å². The third kappa shape index (κ3) is 5.85. The molecule has 0 unspecified atom stereocenters. The zero-order valence-electron chi connectivity index (χ0n) is 11.2. The van der Waals surface area contributed by atoms with E-state index in [1.54, 1.807) is 19.2 Å². The van der Waals surface area contributed by atoms with Crippen molar-refractivity contribution in [3.05, 3.63) is 29.8 Å². The van der Waals surface area contributed by atoms with E-state index in [4.69, 9.17) is 4.74 Å². The Balaban J connectivity index is 2.47. The van der Waals surface area contributed by atoms with Crippen LogP contribution in [0.5, 0.6) is 0 Å². The van der Waals surface area contributed by atoms with Crippen molar-refractivity contribution in [2.75, 3.05) is 26.5 Å². The lowest BCUT2D eigenvalue weighted by Crippen LogP contribution is -2.26. The third-order valence-electron chi connectivity index (χ3n) is 2.56. The Hall–Kier alpha value is -1.40. The summed E-state index contributed by atoms with van der Waals surface area (Å²) in [4.78, 5) is 11.8. The van der Waals surface area contributed by atoms with Crippen LogP contribution >= 0.6 is 0 Å². The SMILES string of the molecule is COCCCNC(=O)Cc1ccc(S(C)(=O)=O)cc1. The lowest BCUT2D eigenvalue weighted by Gasteiger charge is -2.05. The Labute approximate surface area is 113 Å². The van der Waals surface area contributed by atoms with Gasteiger partial charge in [0.2, 0.25) is 5.91 Å². The molecule has 0 aromatic heterocycles. The molecule has 6 heteroatoms. The summed E-state index contributed by atoms with van der Waals surface area (Å²) in [5.41, 5.74) is 0.789. The Kier molecular flexibility index (Phi) is 5.98. The van der Waals surface area contributed by atoms with Crippen LogP contribution in [0.4, 0.5) is 0 Å². The topological polar surface area (TPSA) is 72.5 Å². The molecule has 0 bridgehead atoms. The Bertz CT molecular complexity index is 508. The summed E-state index contributed by atoms with van der Waals surface area (Å²) in [5.74, 6) is -0.0804. The number of hydrogen-bond acceptors (Lipinski definition) is 4. The maximum absolute atomic E-state index is 11.6. The number of hydrogen-bond donors (Lipinski definition) is 1. The maximum atomic E-state index is 11.6. The van der Waals surface area contributed by atoms with Gasteiger partial charge < -0.3 is 10.1 Å². The fourth-order valence-corrected chi connectivity index (χ4v) is 2.18. The second kappa shape index (κ2) is 7.25. The van der Waals surface area contributed by atoms with E-state index in [0.29, 0.717) is 13.2 Å². The number of sulfone groups is 1. The number of carbonyl (C=O) groups is 1. The zero-order chi connectivity index (χ0) is 14.3. The lowest BCUT2D eigenvalue weighted by atomic mass is 10.1. The molecule has 0 aliphatic rings. The van der Waals surface area contributed by atoms with Crippen LogP contribution in [0.2, 0.25) is 0 Å². The largest absolute Gasteiger partial charge is 0.385 e. The molecular formula is C13H19NO4S. The summed E-state index contributed by atoms with van der Waals surface area (Å²) in [6.07, 6.45) is 2.18. The van der Waals surface area contributed by atoms with Crippen molar-refractivity contribution in [1.29, 1.82) is 0 Å². The van der Waals surface area contributed by atoms with Gasteiger partial charge in [0.1, 0.15) is 0 Å². The molecule has 0 aliphatic carbocycles. The minimum absolute atomic E-state index is 0.0804. The monoisotopic (exact) mass is 285 g/mol. The van der Waals surface area contributed by atoms with Crippen LogP contribution in [0.25, 0.3) is 0 Å². The van der Waals surface area contributed by atoms with Crippen LogP contribution < -0.4 is 5.32 Å². The minimum atomic E-state index is -3.18. The summed E-state index contributed by atoms with van der Waals surface area (Å²) in [5, 5.41) is 2.77. The average Bonchev–Trinajstić information content (AvgIpc) is 2.34. The molecule has 0 spiro atoms. The van der Waals surface area contributed by atoms with Crippen molar-refractivity contribution in [3.63, 3.8) is 0 Å². The van der Waals surface area contributed by atoms with E-state index in [1.165, 1.54) is 12.1 Å². The molecule has 0 radical (unpaired) electrons. The number of methoxy groups -OCH3 is 1. The van der Waals surface area contributed by atoms with E-state index in [0.717, 1.165) is 18.2 Å². The van der Waals surface area contributed by atoms with Gasteiger partial charge in [0.25, 0.3) is 0 Å². The van der Waals surface area contributed by atoms with E-state index in [2.05, 4.69) is 5.32 Å². The van der Waals surface area contributed by atoms with Crippen molar-refractivity contribution in [1.82, 2.24) is 5.32 Å². The van der Waals surface area contributed by atoms with Crippen LogP contribution in [0, 0.1) is 0 Å². The van der Waals surface area contributed by atoms with Crippen LogP contribution in [-0.4, -0.2) is 40.8 Å². The Morgan fingerprint density at radius 1 is 1.26 bits per heavy atom. The first kappa shape index (κ1) is 15.7. The second-order valence-electron chi connectivity index (χ2n) is 4.29. The summed E-state index contributed by atoms with van der Waals surface area (Å²) in [6.45, 7) is 1.19. The predicted octanol–water partition coefficient (Wildman–Crippen LogP) is 0.785. The van der Waals surface area contributed by atoms with Gasteiger partial charge in [-0.2, -0.15) is 0 Å². The molecule has 0 saturated carbocycles. The fraction of sp³-hybridized carbons (Fsp3) is 0.462. The van der Waals surface area contributed by atoms with Gasteiger partial charge in [-0.15, -0.1) is 0 Å². The molecule has 1 rings (SSSR count). The minimum Gasteiger partial charge on any atom is -0.385 e. The summed E-state index contributed by atoms with van der Waals surface area (Å²) >= 11 is 0. The molecular weight excluding hydrogens is 266 g/mol. The van der Waals surface area contributed by atoms with Crippen LogP contribution in [-0.2, 0) is 25.8 Å². The summed E-state index contributed by atoms with van der Waals surface area (Å²) in [6, 6.07) is 6.35. The number of rotatable bonds is 7. The van der Waals surface area contributed by atoms with Gasteiger partial charge in [-0.3, -0.25) is 4.79 Å². The predicted molar refractivity (Wildman–Crippen MR) is 72.8 cm³/mol. The van der Waals surface area contributed by atoms with E-state index < -0.39 is 9.84 Å². The standard InChI is InChI=1S/C13H19NO4S/c1-18-9-3-8-14-13(15)10-11-4-6-12(7-5-11)19(2,16)17/h4-7H,3,8-10H2,1-2H3,(H,14,15). The molecule has 1 aromatic rings. The Morgan fingerprint density at radius 3 is 2.42 bits per heavy atom. The summed E-state index contributed by atoms with van der Waals surface area (Å²) < 4.78 is 27.4. The Morgan fingerprint density at radius 2 is 1.89 bits per heavy atom. The first-order valence-electron chi connectivity index (χ1n) is 5.98. The van der Waals surface area contributed by atoms with Gasteiger partial charge >= 0.3 is 0 Å². The highest BCUT2D eigenvalue weighted by Crippen LogP contribution is 2.10. The van der Waals surface area contributed by atoms with Gasteiger partial charge in [0.05, 0.1) is 11.3 Å². The van der Waals surface area contributed by atoms with E-state index in [-0.39, 0.29) is 17.2 Å². The van der Waals surface area contributed by atoms with Crippen molar-refractivity contribution in [2.24, 2.45) is 0 Å². The van der Waals surface area contributed by atoms with Gasteiger partial charge in [-0.1, -0.05) is 12.1 Å². The fourth-order valence-electron chi connectivity index (χ4n) is 1.55. The molecule has 19 heavy (non-hydrogen) atoms. The molecule has 1 N–H and O–H groups in total. The second-order valence-corrected chi connectivity index (χ2v) is 6.30. The third-order valence-corrected chi connectivity index (χ3v) is 3.69. The summed E-state index contributed by atoms with van der Waals surface area (Å²) in [7, 11) is -1.57. The van der Waals surface area contributed by atoms with E-state index in [1.807, 2.05) is 0 Å². The van der Waals surface area contributed by atoms with Crippen LogP contribution in [0.3, 0.4) is 0 Å². The molecule has 0 heterocycles. The highest BCUT2D eigenvalue weighted by molar-refractivity contribution is 7.90. The molecule has 1 amide bonds. The number of carbonyl (C=O) groups excluding carboxylic acids is 1. The quantitative estimate of drug-likeness (QED) is 0.752. The van der Waals surface area contributed by atoms with Crippen molar-refractivity contribution in [3.8, 4) is 0 Å². The van der Waals surface area contributed by atoms with E-state index in [9.17, 15) is 13.2 Å². The molecule has 106 valence electrons. The first-order valence-corrected chi connectivity index (χ1v) is 7.87. The van der Waals surface area contributed by atoms with Gasteiger partial charge in [-0.05, 0) is 24.1 Å². The van der Waals surface area contributed by atoms with Gasteiger partial charge in [0, 0.05) is 26.5 Å².